The van der Waals surface area contributed by atoms with Crippen molar-refractivity contribution in [3.8, 4) is 0 Å². The number of carboxylic acids is 1. The van der Waals surface area contributed by atoms with Crippen LogP contribution in [0.2, 0.25) is 10.0 Å². The van der Waals surface area contributed by atoms with Crippen LogP contribution in [0.1, 0.15) is 21.5 Å². The molecule has 2 aromatic carbocycles. The van der Waals surface area contributed by atoms with Crippen LogP contribution in [0.25, 0.3) is 0 Å². The fourth-order valence-electron chi connectivity index (χ4n) is 3.39. The number of amides is 1. The van der Waals surface area contributed by atoms with E-state index in [2.05, 4.69) is 25.6 Å². The van der Waals surface area contributed by atoms with Crippen LogP contribution in [-0.4, -0.2) is 38.0 Å². The largest absolute Gasteiger partial charge is 0.480 e. The molecule has 11 heteroatoms. The lowest BCUT2D eigenvalue weighted by Gasteiger charge is -2.16. The molecule has 4 aromatic rings. The molecule has 1 amide bonds. The molecule has 8 nitrogen and oxygen atoms in total. The van der Waals surface area contributed by atoms with Gasteiger partial charge in [0, 0.05) is 36.3 Å². The number of hydrogen-bond acceptors (Lipinski definition) is 7. The maximum atomic E-state index is 12.6. The number of hydrogen-bond donors (Lipinski definition) is 3. The minimum absolute atomic E-state index is 0.128. The number of carboxylic acid groups (broad SMARTS) is 1. The molecule has 1 atom stereocenters. The lowest BCUT2D eigenvalue weighted by atomic mass is 10.1. The summed E-state index contributed by atoms with van der Waals surface area (Å²) in [5.41, 5.74) is 2.55. The van der Waals surface area contributed by atoms with E-state index in [-0.39, 0.29) is 22.0 Å². The first-order chi connectivity index (χ1) is 17.9. The van der Waals surface area contributed by atoms with Crippen molar-refractivity contribution in [3.05, 3.63) is 106 Å². The molecular formula is C26H21Cl2N5O3S. The van der Waals surface area contributed by atoms with Gasteiger partial charge in [-0.05, 0) is 23.3 Å². The standard InChI is InChI=1S/C26H21Cl2N5O3S/c27-19-12-29-13-20(28)24(19)25(34)32-18-8-6-16(7-9-18)10-21(26(35)36)33-22-11-23(31-15-30-22)37-14-17-4-2-1-3-5-17/h1-9,11-13,15,21H,10,14H2,(H,32,34)(H,35,36)(H,30,31,33). The average Bonchev–Trinajstić information content (AvgIpc) is 2.89. The summed E-state index contributed by atoms with van der Waals surface area (Å²) in [6.07, 6.45) is 4.29. The molecule has 0 fully saturated rings. The number of rotatable bonds is 10. The zero-order valence-corrected chi connectivity index (χ0v) is 21.6. The fourth-order valence-corrected chi connectivity index (χ4v) is 4.75. The van der Waals surface area contributed by atoms with Gasteiger partial charge in [-0.25, -0.2) is 14.8 Å². The lowest BCUT2D eigenvalue weighted by molar-refractivity contribution is -0.137. The van der Waals surface area contributed by atoms with Crippen LogP contribution in [0.3, 0.4) is 0 Å². The highest BCUT2D eigenvalue weighted by Gasteiger charge is 2.19. The number of aliphatic carboxylic acids is 1. The van der Waals surface area contributed by atoms with Crippen molar-refractivity contribution < 1.29 is 14.7 Å². The molecule has 0 bridgehead atoms. The molecule has 2 aromatic heterocycles. The van der Waals surface area contributed by atoms with Crippen molar-refractivity contribution in [1.82, 2.24) is 15.0 Å². The molecule has 188 valence electrons. The third-order valence-electron chi connectivity index (χ3n) is 5.22. The number of pyridine rings is 1. The van der Waals surface area contributed by atoms with E-state index in [9.17, 15) is 14.7 Å². The van der Waals surface area contributed by atoms with Gasteiger partial charge in [-0.15, -0.1) is 11.8 Å². The molecule has 37 heavy (non-hydrogen) atoms. The summed E-state index contributed by atoms with van der Waals surface area (Å²) in [5.74, 6) is -0.327. The molecule has 0 aliphatic heterocycles. The van der Waals surface area contributed by atoms with Gasteiger partial charge in [0.15, 0.2) is 0 Å². The molecule has 4 rings (SSSR count). The Labute approximate surface area is 227 Å². The van der Waals surface area contributed by atoms with Crippen LogP contribution in [0.4, 0.5) is 11.5 Å². The van der Waals surface area contributed by atoms with E-state index in [1.165, 1.54) is 18.7 Å². The second kappa shape index (κ2) is 12.5. The first kappa shape index (κ1) is 26.4. The molecule has 3 N–H and O–H groups in total. The Morgan fingerprint density at radius 3 is 2.32 bits per heavy atom. The van der Waals surface area contributed by atoms with Crippen LogP contribution in [0, 0.1) is 0 Å². The van der Waals surface area contributed by atoms with Crippen molar-refractivity contribution >= 4 is 58.3 Å². The quantitative estimate of drug-likeness (QED) is 0.166. The van der Waals surface area contributed by atoms with Crippen LogP contribution in [-0.2, 0) is 17.0 Å². The number of aromatic nitrogens is 3. The highest BCUT2D eigenvalue weighted by atomic mass is 35.5. The third-order valence-corrected chi connectivity index (χ3v) is 6.79. The SMILES string of the molecule is O=C(Nc1ccc(CC(Nc2cc(SCc3ccccc3)ncn2)C(=O)O)cc1)c1c(Cl)cncc1Cl. The lowest BCUT2D eigenvalue weighted by Crippen LogP contribution is -2.31. The van der Waals surface area contributed by atoms with E-state index in [1.807, 2.05) is 30.3 Å². The number of carbonyl (C=O) groups is 2. The minimum Gasteiger partial charge on any atom is -0.480 e. The van der Waals surface area contributed by atoms with Crippen LogP contribution in [0.15, 0.2) is 84.4 Å². The number of thioether (sulfide) groups is 1. The first-order valence-electron chi connectivity index (χ1n) is 11.1. The average molecular weight is 554 g/mol. The molecule has 0 saturated carbocycles. The summed E-state index contributed by atoms with van der Waals surface area (Å²) >= 11 is 13.6. The summed E-state index contributed by atoms with van der Waals surface area (Å²) in [5, 5.41) is 16.5. The molecule has 0 saturated heterocycles. The Kier molecular flexibility index (Phi) is 8.95. The molecule has 0 spiro atoms. The van der Waals surface area contributed by atoms with Gasteiger partial charge in [0.05, 0.1) is 15.6 Å². The Morgan fingerprint density at radius 2 is 1.65 bits per heavy atom. The van der Waals surface area contributed by atoms with Gasteiger partial charge in [-0.2, -0.15) is 0 Å². The van der Waals surface area contributed by atoms with Crippen molar-refractivity contribution in [2.45, 2.75) is 23.2 Å². The predicted molar refractivity (Wildman–Crippen MR) is 145 cm³/mol. The second-order valence-electron chi connectivity index (χ2n) is 7.88. The zero-order chi connectivity index (χ0) is 26.2. The highest BCUT2D eigenvalue weighted by Crippen LogP contribution is 2.25. The maximum absolute atomic E-state index is 12.6. The second-order valence-corrected chi connectivity index (χ2v) is 9.69. The number of carbonyl (C=O) groups excluding carboxylic acids is 1. The van der Waals surface area contributed by atoms with E-state index in [0.29, 0.717) is 11.5 Å². The van der Waals surface area contributed by atoms with Gasteiger partial charge in [-0.3, -0.25) is 9.78 Å². The zero-order valence-electron chi connectivity index (χ0n) is 19.3. The van der Waals surface area contributed by atoms with Crippen LogP contribution in [0.5, 0.6) is 0 Å². The molecule has 1 unspecified atom stereocenters. The van der Waals surface area contributed by atoms with Crippen LogP contribution >= 0.6 is 35.0 Å². The van der Waals surface area contributed by atoms with E-state index < -0.39 is 17.9 Å². The van der Waals surface area contributed by atoms with Gasteiger partial charge in [0.25, 0.3) is 5.91 Å². The van der Waals surface area contributed by atoms with Gasteiger partial charge in [0.2, 0.25) is 0 Å². The topological polar surface area (TPSA) is 117 Å². The predicted octanol–water partition coefficient (Wildman–Crippen LogP) is 5.83. The van der Waals surface area contributed by atoms with Crippen molar-refractivity contribution in [2.75, 3.05) is 10.6 Å². The van der Waals surface area contributed by atoms with Gasteiger partial charge in [-0.1, -0.05) is 65.7 Å². The van der Waals surface area contributed by atoms with E-state index in [1.54, 1.807) is 42.1 Å². The normalized spacial score (nSPS) is 11.5. The molecule has 0 radical (unpaired) electrons. The molecule has 2 heterocycles. The Morgan fingerprint density at radius 1 is 0.946 bits per heavy atom. The molecular weight excluding hydrogens is 533 g/mol. The monoisotopic (exact) mass is 553 g/mol. The van der Waals surface area contributed by atoms with E-state index in [4.69, 9.17) is 23.2 Å². The fraction of sp³-hybridized carbons (Fsp3) is 0.115. The van der Waals surface area contributed by atoms with Gasteiger partial charge >= 0.3 is 5.97 Å². The summed E-state index contributed by atoms with van der Waals surface area (Å²) in [6.45, 7) is 0. The maximum Gasteiger partial charge on any atom is 0.326 e. The first-order valence-corrected chi connectivity index (χ1v) is 12.8. The summed E-state index contributed by atoms with van der Waals surface area (Å²) in [4.78, 5) is 36.8. The molecule has 0 aliphatic carbocycles. The number of nitrogens with one attached hydrogen (secondary N) is 2. The third kappa shape index (κ3) is 7.42. The Bertz CT molecular complexity index is 1370. The van der Waals surface area contributed by atoms with Crippen molar-refractivity contribution in [1.29, 1.82) is 0 Å². The van der Waals surface area contributed by atoms with Gasteiger partial charge in [0.1, 0.15) is 23.2 Å². The summed E-state index contributed by atoms with van der Waals surface area (Å²) in [6, 6.07) is 17.6. The minimum atomic E-state index is -1.02. The van der Waals surface area contributed by atoms with E-state index in [0.717, 1.165) is 21.9 Å². The Balaban J connectivity index is 1.38. The smallest absolute Gasteiger partial charge is 0.326 e. The number of halogens is 2. The van der Waals surface area contributed by atoms with Crippen LogP contribution < -0.4 is 10.6 Å². The summed E-state index contributed by atoms with van der Waals surface area (Å²) in [7, 11) is 0. The van der Waals surface area contributed by atoms with Gasteiger partial charge < -0.3 is 15.7 Å². The van der Waals surface area contributed by atoms with E-state index >= 15 is 0 Å². The van der Waals surface area contributed by atoms with Crippen molar-refractivity contribution in [3.63, 3.8) is 0 Å². The number of nitrogens with zero attached hydrogens (tertiary/aromatic N) is 3. The van der Waals surface area contributed by atoms with Crippen molar-refractivity contribution in [2.24, 2.45) is 0 Å². The number of anilines is 2. The number of benzene rings is 2. The Hall–Kier alpha value is -3.66. The summed E-state index contributed by atoms with van der Waals surface area (Å²) < 4.78 is 0. The highest BCUT2D eigenvalue weighted by molar-refractivity contribution is 7.98. The molecule has 0 aliphatic rings.